The summed E-state index contributed by atoms with van der Waals surface area (Å²) in [4.78, 5) is 64.5. The standard InChI is InChI=1S/C28H34N6O7.ClH/c1-27(2,3)41-23(36)21(32-26(39)40-17-19-8-6-5-7-9-19)15-30-22(35)16-34-24(37)28(4,33-25(34)38)20-12-10-18(11-13-20)14-31-29;/h5-14,21H,15-17,29H2,1-4H3,(H,30,35)(H,32,39)(H,33,38);1H. The first kappa shape index (κ1) is 33.6. The first-order valence-electron chi connectivity index (χ1n) is 12.8. The molecule has 5 amide bonds. The number of rotatable bonds is 10. The third-order valence-corrected chi connectivity index (χ3v) is 5.99. The largest absolute Gasteiger partial charge is 0.458 e. The van der Waals surface area contributed by atoms with Crippen molar-refractivity contribution in [3.05, 3.63) is 71.3 Å². The van der Waals surface area contributed by atoms with Crippen LogP contribution < -0.4 is 21.8 Å². The fourth-order valence-electron chi connectivity index (χ4n) is 3.91. The van der Waals surface area contributed by atoms with E-state index in [1.54, 1.807) is 69.3 Å². The average Bonchev–Trinajstić information content (AvgIpc) is 3.13. The van der Waals surface area contributed by atoms with Gasteiger partial charge in [0.25, 0.3) is 5.91 Å². The lowest BCUT2D eigenvalue weighted by molar-refractivity contribution is -0.157. The zero-order chi connectivity index (χ0) is 30.2. The third kappa shape index (κ3) is 8.93. The van der Waals surface area contributed by atoms with E-state index in [9.17, 15) is 24.0 Å². The van der Waals surface area contributed by atoms with E-state index >= 15 is 0 Å². The van der Waals surface area contributed by atoms with Crippen molar-refractivity contribution in [1.29, 1.82) is 0 Å². The fraction of sp³-hybridized carbons (Fsp3) is 0.357. The molecule has 1 aliphatic rings. The number of ether oxygens (including phenoxy) is 2. The van der Waals surface area contributed by atoms with Crippen LogP contribution in [0.3, 0.4) is 0 Å². The zero-order valence-corrected chi connectivity index (χ0v) is 24.5. The van der Waals surface area contributed by atoms with Crippen molar-refractivity contribution in [1.82, 2.24) is 20.9 Å². The van der Waals surface area contributed by atoms with Crippen LogP contribution in [-0.2, 0) is 36.0 Å². The van der Waals surface area contributed by atoms with Crippen LogP contribution in [0.5, 0.6) is 0 Å². The van der Waals surface area contributed by atoms with Gasteiger partial charge in [0.15, 0.2) is 0 Å². The number of halogens is 1. The number of nitrogens with one attached hydrogen (secondary N) is 3. The van der Waals surface area contributed by atoms with Crippen molar-refractivity contribution in [2.45, 2.75) is 51.5 Å². The van der Waals surface area contributed by atoms with E-state index in [-0.39, 0.29) is 25.6 Å². The number of alkyl carbamates (subject to hydrolysis) is 1. The van der Waals surface area contributed by atoms with E-state index in [1.165, 1.54) is 13.1 Å². The number of imide groups is 1. The van der Waals surface area contributed by atoms with Crippen molar-refractivity contribution in [3.63, 3.8) is 0 Å². The highest BCUT2D eigenvalue weighted by Crippen LogP contribution is 2.28. The first-order valence-corrected chi connectivity index (χ1v) is 12.8. The second-order valence-corrected chi connectivity index (χ2v) is 10.4. The Balaban J connectivity index is 0.00000616. The van der Waals surface area contributed by atoms with Crippen molar-refractivity contribution in [3.8, 4) is 0 Å². The maximum absolute atomic E-state index is 13.2. The van der Waals surface area contributed by atoms with Gasteiger partial charge < -0.3 is 31.3 Å². The van der Waals surface area contributed by atoms with Gasteiger partial charge in [-0.25, -0.2) is 14.4 Å². The molecule has 5 N–H and O–H groups in total. The zero-order valence-electron chi connectivity index (χ0n) is 23.7. The number of nitrogens with two attached hydrogens (primary N) is 1. The van der Waals surface area contributed by atoms with Gasteiger partial charge >= 0.3 is 18.1 Å². The molecule has 226 valence electrons. The Labute approximate surface area is 249 Å². The maximum Gasteiger partial charge on any atom is 0.408 e. The number of carbonyl (C=O) groups excluding carboxylic acids is 5. The predicted molar refractivity (Wildman–Crippen MR) is 155 cm³/mol. The normalized spacial score (nSPS) is 17.2. The molecular formula is C28H35ClN6O7. The van der Waals surface area contributed by atoms with Crippen LogP contribution in [0.25, 0.3) is 0 Å². The molecule has 0 saturated carbocycles. The van der Waals surface area contributed by atoms with Crippen LogP contribution in [0, 0.1) is 0 Å². The van der Waals surface area contributed by atoms with Crippen LogP contribution >= 0.6 is 12.4 Å². The van der Waals surface area contributed by atoms with Gasteiger partial charge in [-0.1, -0.05) is 54.6 Å². The minimum atomic E-state index is -1.40. The highest BCUT2D eigenvalue weighted by molar-refractivity contribution is 6.09. The number of hydrogen-bond donors (Lipinski definition) is 4. The topological polar surface area (TPSA) is 182 Å². The Bertz CT molecular complexity index is 1310. The van der Waals surface area contributed by atoms with E-state index in [0.29, 0.717) is 11.1 Å². The molecule has 2 aromatic rings. The molecule has 2 atom stereocenters. The molecule has 1 saturated heterocycles. The molecule has 1 aliphatic heterocycles. The lowest BCUT2D eigenvalue weighted by Gasteiger charge is -2.25. The number of amides is 5. The summed E-state index contributed by atoms with van der Waals surface area (Å²) in [5.74, 6) is 2.98. The molecule has 0 bridgehead atoms. The molecule has 1 fully saturated rings. The summed E-state index contributed by atoms with van der Waals surface area (Å²) < 4.78 is 10.5. The van der Waals surface area contributed by atoms with Crippen molar-refractivity contribution >= 4 is 48.5 Å². The van der Waals surface area contributed by atoms with E-state index < -0.39 is 53.6 Å². The summed E-state index contributed by atoms with van der Waals surface area (Å²) in [6.07, 6.45) is 0.535. The maximum atomic E-state index is 13.2. The average molecular weight is 603 g/mol. The van der Waals surface area contributed by atoms with Crippen molar-refractivity contribution < 1.29 is 33.4 Å². The minimum Gasteiger partial charge on any atom is -0.458 e. The summed E-state index contributed by atoms with van der Waals surface area (Å²) in [6.45, 7) is 5.47. The van der Waals surface area contributed by atoms with Gasteiger partial charge in [-0.15, -0.1) is 12.4 Å². The summed E-state index contributed by atoms with van der Waals surface area (Å²) >= 11 is 0. The van der Waals surface area contributed by atoms with E-state index in [4.69, 9.17) is 15.3 Å². The second kappa shape index (κ2) is 14.3. The smallest absolute Gasteiger partial charge is 0.408 e. The lowest BCUT2D eigenvalue weighted by atomic mass is 9.91. The van der Waals surface area contributed by atoms with Gasteiger partial charge in [-0.3, -0.25) is 14.5 Å². The molecule has 42 heavy (non-hydrogen) atoms. The molecule has 14 heteroatoms. The van der Waals surface area contributed by atoms with Gasteiger partial charge in [0.05, 0.1) is 6.21 Å². The molecule has 2 aromatic carbocycles. The highest BCUT2D eigenvalue weighted by Gasteiger charge is 2.49. The summed E-state index contributed by atoms with van der Waals surface area (Å²) in [5.41, 5.74) is -0.333. The van der Waals surface area contributed by atoms with Gasteiger partial charge in [0, 0.05) is 6.54 Å². The molecule has 13 nitrogen and oxygen atoms in total. The number of nitrogens with zero attached hydrogens (tertiary/aromatic N) is 2. The first-order chi connectivity index (χ1) is 19.3. The lowest BCUT2D eigenvalue weighted by Crippen LogP contribution is -2.52. The Morgan fingerprint density at radius 2 is 1.74 bits per heavy atom. The molecule has 0 spiro atoms. The number of esters is 1. The van der Waals surface area contributed by atoms with Crippen LogP contribution in [0.15, 0.2) is 59.7 Å². The number of benzene rings is 2. The molecule has 2 unspecified atom stereocenters. The predicted octanol–water partition coefficient (Wildman–Crippen LogP) is 1.92. The van der Waals surface area contributed by atoms with Gasteiger partial charge in [-0.2, -0.15) is 5.10 Å². The second-order valence-electron chi connectivity index (χ2n) is 10.4. The number of urea groups is 1. The quantitative estimate of drug-likeness (QED) is 0.105. The fourth-order valence-corrected chi connectivity index (χ4v) is 3.91. The monoisotopic (exact) mass is 602 g/mol. The summed E-state index contributed by atoms with van der Waals surface area (Å²) in [7, 11) is 0. The summed E-state index contributed by atoms with van der Waals surface area (Å²) in [5, 5.41) is 10.9. The molecule has 0 aromatic heterocycles. The van der Waals surface area contributed by atoms with E-state index in [0.717, 1.165) is 10.5 Å². The molecule has 0 aliphatic carbocycles. The number of carbonyl (C=O) groups is 5. The SMILES string of the molecule is CC(C)(C)OC(=O)C(CNC(=O)CN1C(=O)NC(C)(c2ccc(C=NN)cc2)C1=O)NC(=O)OCc1ccccc1.Cl. The van der Waals surface area contributed by atoms with Crippen LogP contribution in [0.1, 0.15) is 44.4 Å². The highest BCUT2D eigenvalue weighted by atomic mass is 35.5. The number of hydrogen-bond acceptors (Lipinski definition) is 9. The minimum absolute atomic E-state index is 0. The Morgan fingerprint density at radius 3 is 2.33 bits per heavy atom. The van der Waals surface area contributed by atoms with Crippen molar-refractivity contribution in [2.75, 3.05) is 13.1 Å². The molecular weight excluding hydrogens is 568 g/mol. The summed E-state index contributed by atoms with van der Waals surface area (Å²) in [6, 6.07) is 13.5. The third-order valence-electron chi connectivity index (χ3n) is 5.99. The molecule has 0 radical (unpaired) electrons. The van der Waals surface area contributed by atoms with Gasteiger partial charge in [-0.05, 0) is 44.4 Å². The Kier molecular flexibility index (Phi) is 11.4. The Hall–Kier alpha value is -4.65. The van der Waals surface area contributed by atoms with E-state index in [2.05, 4.69) is 21.1 Å². The molecule has 1 heterocycles. The van der Waals surface area contributed by atoms with Crippen LogP contribution in [0.4, 0.5) is 9.59 Å². The van der Waals surface area contributed by atoms with Crippen molar-refractivity contribution in [2.24, 2.45) is 10.9 Å². The number of hydrazone groups is 1. The van der Waals surface area contributed by atoms with E-state index in [1.807, 2.05) is 6.07 Å². The van der Waals surface area contributed by atoms with Crippen LogP contribution in [0.2, 0.25) is 0 Å². The molecule has 3 rings (SSSR count). The van der Waals surface area contributed by atoms with Gasteiger partial charge in [0.1, 0.15) is 30.3 Å². The van der Waals surface area contributed by atoms with Gasteiger partial charge in [0.2, 0.25) is 5.91 Å². The van der Waals surface area contributed by atoms with Crippen LogP contribution in [-0.4, -0.2) is 65.8 Å². The Morgan fingerprint density at radius 1 is 1.10 bits per heavy atom.